The molecule has 0 fully saturated rings. The molecule has 3 N–H and O–H groups in total. The van der Waals surface area contributed by atoms with E-state index < -0.39 is 6.09 Å². The molecule has 0 saturated heterocycles. The van der Waals surface area contributed by atoms with Crippen molar-refractivity contribution in [2.75, 3.05) is 37.6 Å². The first-order chi connectivity index (χ1) is 16.5. The Morgan fingerprint density at radius 2 is 1.82 bits per heavy atom. The van der Waals surface area contributed by atoms with Gasteiger partial charge in [-0.2, -0.15) is 5.10 Å². The molecule has 0 spiro atoms. The van der Waals surface area contributed by atoms with Crippen LogP contribution in [0.25, 0.3) is 11.4 Å². The van der Waals surface area contributed by atoms with E-state index in [-0.39, 0.29) is 18.9 Å². The molecule has 0 saturated carbocycles. The maximum absolute atomic E-state index is 12.6. The summed E-state index contributed by atoms with van der Waals surface area (Å²) in [5.74, 6) is 1.20. The number of benzene rings is 2. The molecule has 0 bridgehead atoms. The summed E-state index contributed by atoms with van der Waals surface area (Å²) in [6, 6.07) is 14.3. The summed E-state index contributed by atoms with van der Waals surface area (Å²) in [4.78, 5) is 24.3. The van der Waals surface area contributed by atoms with Gasteiger partial charge in [0.25, 0.3) is 0 Å². The van der Waals surface area contributed by atoms with E-state index in [1.54, 1.807) is 28.8 Å². The lowest BCUT2D eigenvalue weighted by molar-refractivity contribution is -0.116. The van der Waals surface area contributed by atoms with Crippen molar-refractivity contribution in [3.05, 3.63) is 53.3 Å². The fourth-order valence-corrected chi connectivity index (χ4v) is 3.32. The average molecular weight is 486 g/mol. The van der Waals surface area contributed by atoms with Crippen LogP contribution in [0.4, 0.5) is 16.2 Å². The Bertz CT molecular complexity index is 1160. The number of methoxy groups -OCH3 is 1. The van der Waals surface area contributed by atoms with E-state index in [4.69, 9.17) is 26.4 Å². The fourth-order valence-electron chi connectivity index (χ4n) is 3.10. The number of hydrogen-bond donors (Lipinski definition) is 3. The van der Waals surface area contributed by atoms with Crippen molar-refractivity contribution in [2.24, 2.45) is 0 Å². The van der Waals surface area contributed by atoms with E-state index in [2.05, 4.69) is 20.8 Å². The second-order valence-corrected chi connectivity index (χ2v) is 7.48. The predicted octanol–water partition coefficient (Wildman–Crippen LogP) is 4.23. The smallest absolute Gasteiger partial charge is 0.411 e. The average Bonchev–Trinajstić information content (AvgIpc) is 3.19. The van der Waals surface area contributed by atoms with Crippen molar-refractivity contribution in [1.82, 2.24) is 14.8 Å². The summed E-state index contributed by atoms with van der Waals surface area (Å²) in [5.41, 5.74) is 1.89. The van der Waals surface area contributed by atoms with Crippen LogP contribution in [-0.4, -0.2) is 53.7 Å². The molecule has 11 heteroatoms. The normalized spacial score (nSPS) is 10.5. The van der Waals surface area contributed by atoms with Gasteiger partial charge in [-0.05, 0) is 61.6 Å². The predicted molar refractivity (Wildman–Crippen MR) is 131 cm³/mol. The van der Waals surface area contributed by atoms with Gasteiger partial charge in [0.2, 0.25) is 5.91 Å². The Balaban J connectivity index is 1.58. The van der Waals surface area contributed by atoms with Gasteiger partial charge < -0.3 is 19.5 Å². The van der Waals surface area contributed by atoms with Crippen molar-refractivity contribution >= 4 is 35.6 Å². The number of amides is 2. The summed E-state index contributed by atoms with van der Waals surface area (Å²) in [7, 11) is 1.52. The molecule has 34 heavy (non-hydrogen) atoms. The van der Waals surface area contributed by atoms with Gasteiger partial charge >= 0.3 is 6.09 Å². The van der Waals surface area contributed by atoms with Gasteiger partial charge in [0.1, 0.15) is 12.4 Å². The molecule has 2 amide bonds. The number of H-pyrrole nitrogens is 1. The zero-order valence-electron chi connectivity index (χ0n) is 19.0. The number of aromatic nitrogens is 3. The number of carbonyl (C=O) groups excluding carboxylic acids is 2. The summed E-state index contributed by atoms with van der Waals surface area (Å²) in [6.45, 7) is 3.31. The fraction of sp³-hybridized carbons (Fsp3) is 0.304. The van der Waals surface area contributed by atoms with Crippen LogP contribution in [0.5, 0.6) is 5.75 Å². The van der Waals surface area contributed by atoms with E-state index in [0.717, 1.165) is 11.3 Å². The second kappa shape index (κ2) is 12.5. The summed E-state index contributed by atoms with van der Waals surface area (Å²) in [6.07, 6.45) is -0.425. The quantitative estimate of drug-likeness (QED) is 0.275. The third-order valence-electron chi connectivity index (χ3n) is 4.66. The zero-order valence-corrected chi connectivity index (χ0v) is 19.8. The largest absolute Gasteiger partial charge is 0.494 e. The van der Waals surface area contributed by atoms with E-state index in [9.17, 15) is 9.59 Å². The van der Waals surface area contributed by atoms with Crippen LogP contribution >= 0.6 is 12.2 Å². The molecule has 0 atom stereocenters. The van der Waals surface area contributed by atoms with E-state index in [1.165, 1.54) is 7.11 Å². The Hall–Kier alpha value is -3.70. The van der Waals surface area contributed by atoms with Crippen molar-refractivity contribution in [3.8, 4) is 17.1 Å². The van der Waals surface area contributed by atoms with Crippen molar-refractivity contribution < 1.29 is 23.8 Å². The SMILES string of the molecule is CCOc1ccc(-c2n[nH]c(=S)n2CCC(=O)Nc2cccc(NC(=O)OCCOC)c2)cc1. The van der Waals surface area contributed by atoms with E-state index in [1.807, 2.05) is 31.2 Å². The molecule has 0 aliphatic carbocycles. The molecule has 3 aromatic rings. The molecule has 1 aromatic heterocycles. The molecule has 10 nitrogen and oxygen atoms in total. The summed E-state index contributed by atoms with van der Waals surface area (Å²) in [5, 5.41) is 12.5. The number of anilines is 2. The van der Waals surface area contributed by atoms with Crippen molar-refractivity contribution in [1.29, 1.82) is 0 Å². The molecule has 180 valence electrons. The van der Waals surface area contributed by atoms with Gasteiger partial charge in [-0.1, -0.05) is 6.07 Å². The van der Waals surface area contributed by atoms with Crippen LogP contribution in [-0.2, 0) is 20.8 Å². The molecule has 1 heterocycles. The number of aromatic amines is 1. The van der Waals surface area contributed by atoms with Gasteiger partial charge in [0, 0.05) is 37.0 Å². The van der Waals surface area contributed by atoms with Crippen molar-refractivity contribution in [2.45, 2.75) is 19.9 Å². The standard InChI is InChI=1S/C23H27N5O5S/c1-3-32-19-9-7-16(8-10-19)21-26-27-22(34)28(21)12-11-20(29)24-17-5-4-6-18(15-17)25-23(30)33-14-13-31-2/h4-10,15H,3,11-14H2,1-2H3,(H,24,29)(H,25,30)(H,27,34). The first-order valence-corrected chi connectivity index (χ1v) is 11.1. The van der Waals surface area contributed by atoms with Gasteiger partial charge in [0.05, 0.1) is 13.2 Å². The minimum atomic E-state index is -0.600. The topological polar surface area (TPSA) is 120 Å². The molecule has 0 unspecified atom stereocenters. The van der Waals surface area contributed by atoms with E-state index >= 15 is 0 Å². The Morgan fingerprint density at radius 3 is 2.53 bits per heavy atom. The van der Waals surface area contributed by atoms with Crippen LogP contribution in [0, 0.1) is 4.77 Å². The monoisotopic (exact) mass is 485 g/mol. The number of nitrogens with zero attached hydrogens (tertiary/aromatic N) is 2. The highest BCUT2D eigenvalue weighted by Gasteiger charge is 2.12. The van der Waals surface area contributed by atoms with Gasteiger partial charge in [0.15, 0.2) is 10.6 Å². The summed E-state index contributed by atoms with van der Waals surface area (Å²) >= 11 is 5.35. The lowest BCUT2D eigenvalue weighted by Gasteiger charge is -2.10. The van der Waals surface area contributed by atoms with Gasteiger partial charge in [-0.15, -0.1) is 0 Å². The maximum Gasteiger partial charge on any atom is 0.411 e. The van der Waals surface area contributed by atoms with Crippen LogP contribution in [0.1, 0.15) is 13.3 Å². The van der Waals surface area contributed by atoms with E-state index in [0.29, 0.717) is 41.7 Å². The minimum Gasteiger partial charge on any atom is -0.494 e. The highest BCUT2D eigenvalue weighted by atomic mass is 32.1. The van der Waals surface area contributed by atoms with Crippen LogP contribution in [0.2, 0.25) is 0 Å². The Labute approximate surface area is 202 Å². The first-order valence-electron chi connectivity index (χ1n) is 10.7. The lowest BCUT2D eigenvalue weighted by Crippen LogP contribution is -2.17. The Kier molecular flexibility index (Phi) is 9.18. The second-order valence-electron chi connectivity index (χ2n) is 7.09. The molecule has 0 aliphatic rings. The molecule has 2 aromatic carbocycles. The van der Waals surface area contributed by atoms with Crippen LogP contribution < -0.4 is 15.4 Å². The molecule has 0 aliphatic heterocycles. The third kappa shape index (κ3) is 7.15. The van der Waals surface area contributed by atoms with Gasteiger partial charge in [-0.3, -0.25) is 19.8 Å². The number of carbonyl (C=O) groups is 2. The Morgan fingerprint density at radius 1 is 1.09 bits per heavy atom. The number of ether oxygens (including phenoxy) is 3. The number of nitrogens with one attached hydrogen (secondary N) is 3. The molecule has 0 radical (unpaired) electrons. The zero-order chi connectivity index (χ0) is 24.3. The van der Waals surface area contributed by atoms with Crippen LogP contribution in [0.3, 0.4) is 0 Å². The summed E-state index contributed by atoms with van der Waals surface area (Å²) < 4.78 is 17.5. The van der Waals surface area contributed by atoms with Crippen molar-refractivity contribution in [3.63, 3.8) is 0 Å². The highest BCUT2D eigenvalue weighted by Crippen LogP contribution is 2.22. The van der Waals surface area contributed by atoms with Crippen LogP contribution in [0.15, 0.2) is 48.5 Å². The molecular formula is C23H27N5O5S. The number of hydrogen-bond acceptors (Lipinski definition) is 7. The maximum atomic E-state index is 12.6. The van der Waals surface area contributed by atoms with Gasteiger partial charge in [-0.25, -0.2) is 4.79 Å². The number of rotatable bonds is 11. The molecular weight excluding hydrogens is 458 g/mol. The lowest BCUT2D eigenvalue weighted by atomic mass is 10.2. The first kappa shape index (κ1) is 24.9. The molecule has 3 rings (SSSR count). The highest BCUT2D eigenvalue weighted by molar-refractivity contribution is 7.71. The minimum absolute atomic E-state index is 0.147. The third-order valence-corrected chi connectivity index (χ3v) is 4.97.